The van der Waals surface area contributed by atoms with Gasteiger partial charge in [-0.15, -0.1) is 11.8 Å². The molecule has 0 bridgehead atoms. The largest absolute Gasteiger partial charge is 0.477 e. The molecule has 2 aliphatic rings. The first-order valence-electron chi connectivity index (χ1n) is 7.02. The van der Waals surface area contributed by atoms with Gasteiger partial charge in [-0.3, -0.25) is 19.3 Å². The van der Waals surface area contributed by atoms with Gasteiger partial charge in [-0.05, 0) is 0 Å². The molecule has 0 radical (unpaired) electrons. The summed E-state index contributed by atoms with van der Waals surface area (Å²) in [5.74, 6) is -3.38. The Kier molecular flexibility index (Phi) is 5.05. The van der Waals surface area contributed by atoms with Crippen LogP contribution in [0.4, 0.5) is 0 Å². The zero-order valence-electron chi connectivity index (χ0n) is 13.6. The highest BCUT2D eigenvalue weighted by molar-refractivity contribution is 8.00. The van der Waals surface area contributed by atoms with Crippen LogP contribution in [-0.2, 0) is 28.7 Å². The van der Waals surface area contributed by atoms with E-state index in [0.29, 0.717) is 4.90 Å². The Labute approximate surface area is 146 Å². The van der Waals surface area contributed by atoms with Gasteiger partial charge in [0.15, 0.2) is 6.19 Å². The van der Waals surface area contributed by atoms with Crippen molar-refractivity contribution in [3.8, 4) is 6.19 Å². The lowest BCUT2D eigenvalue weighted by molar-refractivity contribution is -0.213. The first kappa shape index (κ1) is 18.8. The SMILES string of the molecule is COC1(N(C#N)C(C)=O)C(=O)N2C(C(=O)O)=C(COC(C)=O)CS[C@H]21. The number of esters is 1. The summed E-state index contributed by atoms with van der Waals surface area (Å²) in [4.78, 5) is 48.5. The molecule has 2 aliphatic heterocycles. The van der Waals surface area contributed by atoms with Gasteiger partial charge in [-0.2, -0.15) is 5.26 Å². The summed E-state index contributed by atoms with van der Waals surface area (Å²) >= 11 is 1.11. The molecule has 2 atom stereocenters. The molecule has 1 saturated heterocycles. The van der Waals surface area contributed by atoms with E-state index in [1.807, 2.05) is 0 Å². The van der Waals surface area contributed by atoms with E-state index in [2.05, 4.69) is 0 Å². The lowest BCUT2D eigenvalue weighted by Crippen LogP contribution is -2.80. The van der Waals surface area contributed by atoms with Crippen molar-refractivity contribution >= 4 is 35.5 Å². The maximum Gasteiger partial charge on any atom is 0.352 e. The number of aliphatic carboxylic acids is 1. The lowest BCUT2D eigenvalue weighted by Gasteiger charge is -2.57. The summed E-state index contributed by atoms with van der Waals surface area (Å²) < 4.78 is 10.0. The number of amides is 2. The Morgan fingerprint density at radius 2 is 2.12 bits per heavy atom. The molecule has 1 unspecified atom stereocenters. The summed E-state index contributed by atoms with van der Waals surface area (Å²) in [6.07, 6.45) is 1.62. The number of fused-ring (bicyclic) bond motifs is 1. The van der Waals surface area contributed by atoms with Gasteiger partial charge in [0.25, 0.3) is 11.6 Å². The molecule has 2 heterocycles. The molecule has 10 nitrogen and oxygen atoms in total. The van der Waals surface area contributed by atoms with E-state index in [9.17, 15) is 29.5 Å². The Hall–Kier alpha value is -2.58. The van der Waals surface area contributed by atoms with Crippen molar-refractivity contribution in [3.63, 3.8) is 0 Å². The second kappa shape index (κ2) is 6.73. The fourth-order valence-electron chi connectivity index (χ4n) is 2.74. The second-order valence-corrected chi connectivity index (χ2v) is 6.30. The number of hydrogen-bond donors (Lipinski definition) is 1. The molecular weight excluding hydrogens is 354 g/mol. The van der Waals surface area contributed by atoms with Crippen molar-refractivity contribution in [1.82, 2.24) is 9.80 Å². The molecule has 1 fully saturated rings. The van der Waals surface area contributed by atoms with Crippen LogP contribution in [0.5, 0.6) is 0 Å². The molecule has 2 rings (SSSR count). The molecule has 25 heavy (non-hydrogen) atoms. The van der Waals surface area contributed by atoms with Gasteiger partial charge < -0.3 is 14.6 Å². The molecule has 11 heteroatoms. The minimum absolute atomic E-state index is 0.131. The van der Waals surface area contributed by atoms with Crippen LogP contribution in [0.3, 0.4) is 0 Å². The van der Waals surface area contributed by atoms with Crippen molar-refractivity contribution in [2.24, 2.45) is 0 Å². The number of rotatable bonds is 5. The molecule has 0 saturated carbocycles. The highest BCUT2D eigenvalue weighted by Crippen LogP contribution is 2.49. The van der Waals surface area contributed by atoms with Crippen molar-refractivity contribution in [3.05, 3.63) is 11.3 Å². The fourth-order valence-corrected chi connectivity index (χ4v) is 4.19. The van der Waals surface area contributed by atoms with E-state index in [0.717, 1.165) is 23.6 Å². The van der Waals surface area contributed by atoms with Crippen molar-refractivity contribution in [1.29, 1.82) is 5.26 Å². The first-order valence-corrected chi connectivity index (χ1v) is 8.06. The minimum Gasteiger partial charge on any atom is -0.477 e. The summed E-state index contributed by atoms with van der Waals surface area (Å²) in [5.41, 5.74) is -1.98. The maximum atomic E-state index is 12.7. The Morgan fingerprint density at radius 3 is 2.56 bits per heavy atom. The first-order chi connectivity index (χ1) is 11.7. The molecule has 0 aromatic carbocycles. The Balaban J connectivity index is 2.44. The normalized spacial score (nSPS) is 24.8. The van der Waals surface area contributed by atoms with Crippen molar-refractivity contribution in [2.45, 2.75) is 24.9 Å². The van der Waals surface area contributed by atoms with E-state index in [1.165, 1.54) is 14.0 Å². The lowest BCUT2D eigenvalue weighted by atomic mass is 9.96. The molecule has 0 aromatic heterocycles. The molecule has 0 aromatic rings. The third-order valence-corrected chi connectivity index (χ3v) is 5.16. The predicted octanol–water partition coefficient (Wildman–Crippen LogP) is -0.524. The highest BCUT2D eigenvalue weighted by atomic mass is 32.2. The summed E-state index contributed by atoms with van der Waals surface area (Å²) in [5, 5.41) is 17.8. The number of thioether (sulfide) groups is 1. The third kappa shape index (κ3) is 2.73. The number of methoxy groups -OCH3 is 1. The quantitative estimate of drug-likeness (QED) is 0.223. The van der Waals surface area contributed by atoms with Crippen LogP contribution in [0.2, 0.25) is 0 Å². The number of β-lactam (4-membered cyclic amide) rings is 1. The smallest absolute Gasteiger partial charge is 0.352 e. The van der Waals surface area contributed by atoms with E-state index < -0.39 is 34.9 Å². The number of carboxylic acids is 1. The van der Waals surface area contributed by atoms with Crippen LogP contribution in [0, 0.1) is 11.5 Å². The minimum atomic E-state index is -1.89. The van der Waals surface area contributed by atoms with E-state index in [4.69, 9.17) is 9.47 Å². The fraction of sp³-hybridized carbons (Fsp3) is 0.500. The van der Waals surface area contributed by atoms with Crippen LogP contribution in [0.15, 0.2) is 11.3 Å². The van der Waals surface area contributed by atoms with Gasteiger partial charge in [0.2, 0.25) is 5.91 Å². The zero-order valence-corrected chi connectivity index (χ0v) is 14.5. The van der Waals surface area contributed by atoms with E-state index in [1.54, 1.807) is 6.19 Å². The molecule has 0 aliphatic carbocycles. The van der Waals surface area contributed by atoms with Gasteiger partial charge >= 0.3 is 11.9 Å². The van der Waals surface area contributed by atoms with E-state index >= 15 is 0 Å². The van der Waals surface area contributed by atoms with E-state index in [-0.39, 0.29) is 23.6 Å². The van der Waals surface area contributed by atoms with Crippen LogP contribution in [0.25, 0.3) is 0 Å². The number of hydrogen-bond acceptors (Lipinski definition) is 8. The number of carbonyl (C=O) groups excluding carboxylic acids is 3. The second-order valence-electron chi connectivity index (χ2n) is 5.23. The number of carboxylic acid groups (broad SMARTS) is 1. The number of ether oxygens (including phenoxy) is 2. The molecule has 134 valence electrons. The van der Waals surface area contributed by atoms with Crippen LogP contribution >= 0.6 is 11.8 Å². The predicted molar refractivity (Wildman–Crippen MR) is 82.3 cm³/mol. The average Bonchev–Trinajstić information content (AvgIpc) is 2.55. The molecule has 1 N–H and O–H groups in total. The Morgan fingerprint density at radius 1 is 1.48 bits per heavy atom. The van der Waals surface area contributed by atoms with Gasteiger partial charge in [-0.25, -0.2) is 9.69 Å². The van der Waals surface area contributed by atoms with Crippen LogP contribution in [0.1, 0.15) is 13.8 Å². The standard InChI is InChI=1S/C14H15N3O7S/c1-7(18)16(6-15)14(23-3)12(22)17-10(11(20)21)9(4-24-8(2)19)5-25-13(14)17/h13H,4-5H2,1-3H3,(H,20,21)/t13-,14?/m0/s1. The summed E-state index contributed by atoms with van der Waals surface area (Å²) in [6.45, 7) is 2.02. The average molecular weight is 369 g/mol. The van der Waals surface area contributed by atoms with Gasteiger partial charge in [0.1, 0.15) is 17.7 Å². The van der Waals surface area contributed by atoms with Gasteiger partial charge in [0, 0.05) is 32.3 Å². The van der Waals surface area contributed by atoms with Crippen molar-refractivity contribution < 1.29 is 33.8 Å². The van der Waals surface area contributed by atoms with Gasteiger partial charge in [-0.1, -0.05) is 0 Å². The third-order valence-electron chi connectivity index (χ3n) is 3.80. The monoisotopic (exact) mass is 369 g/mol. The summed E-state index contributed by atoms with van der Waals surface area (Å²) in [6, 6.07) is 0. The number of nitrogens with zero attached hydrogens (tertiary/aromatic N) is 3. The number of nitriles is 1. The topological polar surface area (TPSA) is 137 Å². The van der Waals surface area contributed by atoms with Gasteiger partial charge in [0.05, 0.1) is 0 Å². The maximum absolute atomic E-state index is 12.7. The molecular formula is C14H15N3O7S. The van der Waals surface area contributed by atoms with Crippen LogP contribution in [-0.4, -0.2) is 69.2 Å². The molecule has 2 amide bonds. The zero-order chi connectivity index (χ0) is 18.9. The molecule has 0 spiro atoms. The number of carbonyl (C=O) groups is 4. The van der Waals surface area contributed by atoms with Crippen molar-refractivity contribution in [2.75, 3.05) is 19.5 Å². The highest BCUT2D eigenvalue weighted by Gasteiger charge is 2.70. The van der Waals surface area contributed by atoms with Crippen LogP contribution < -0.4 is 0 Å². The Bertz CT molecular complexity index is 728. The summed E-state index contributed by atoms with van der Waals surface area (Å²) in [7, 11) is 1.17.